The normalized spacial score (nSPS) is 19.1. The summed E-state index contributed by atoms with van der Waals surface area (Å²) in [5.41, 5.74) is 1.01. The van der Waals surface area contributed by atoms with E-state index in [9.17, 15) is 0 Å². The third kappa shape index (κ3) is 2.74. The Morgan fingerprint density at radius 2 is 1.89 bits per heavy atom. The van der Waals surface area contributed by atoms with E-state index in [-0.39, 0.29) is 0 Å². The molecule has 1 aromatic carbocycles. The minimum absolute atomic E-state index is 0.344. The first kappa shape index (κ1) is 14.3. The summed E-state index contributed by atoms with van der Waals surface area (Å²) in [6.07, 6.45) is 2.23. The van der Waals surface area contributed by atoms with E-state index in [4.69, 9.17) is 25.8 Å². The molecule has 5 heteroatoms. The topological polar surface area (TPSA) is 39.7 Å². The van der Waals surface area contributed by atoms with Crippen LogP contribution in [0, 0.1) is 0 Å². The van der Waals surface area contributed by atoms with Gasteiger partial charge in [-0.25, -0.2) is 0 Å². The average molecular weight is 286 g/mol. The van der Waals surface area contributed by atoms with Crippen LogP contribution in [0.5, 0.6) is 17.2 Å². The third-order valence-corrected chi connectivity index (χ3v) is 3.84. The Hall–Kier alpha value is -1.13. The Morgan fingerprint density at radius 3 is 2.42 bits per heavy atom. The van der Waals surface area contributed by atoms with E-state index in [1.165, 1.54) is 0 Å². The molecule has 1 fully saturated rings. The van der Waals surface area contributed by atoms with Gasteiger partial charge in [-0.05, 0) is 19.4 Å². The number of hydrogen-bond donors (Lipinski definition) is 1. The summed E-state index contributed by atoms with van der Waals surface area (Å²) >= 11 is 6.41. The molecule has 4 nitrogen and oxygen atoms in total. The van der Waals surface area contributed by atoms with Crippen molar-refractivity contribution in [1.82, 2.24) is 5.32 Å². The first-order valence-electron chi connectivity index (χ1n) is 6.42. The summed E-state index contributed by atoms with van der Waals surface area (Å²) in [6.45, 7) is 1.97. The Balaban J connectivity index is 2.51. The zero-order valence-corrected chi connectivity index (χ0v) is 12.3. The lowest BCUT2D eigenvalue weighted by molar-refractivity contribution is 0.318. The maximum atomic E-state index is 6.41. The molecular weight excluding hydrogens is 266 g/mol. The van der Waals surface area contributed by atoms with Crippen LogP contribution >= 0.6 is 11.6 Å². The number of halogens is 1. The summed E-state index contributed by atoms with van der Waals surface area (Å²) in [5, 5.41) is 4.06. The predicted octanol–water partition coefficient (Wildman–Crippen LogP) is 2.83. The number of rotatable bonds is 4. The quantitative estimate of drug-likeness (QED) is 0.923. The van der Waals surface area contributed by atoms with E-state index in [0.717, 1.165) is 31.5 Å². The minimum Gasteiger partial charge on any atom is -0.493 e. The molecular formula is C14H20ClNO3. The predicted molar refractivity (Wildman–Crippen MR) is 76.0 cm³/mol. The molecule has 1 heterocycles. The summed E-state index contributed by atoms with van der Waals surface area (Å²) in [6, 6.07) is 1.80. The van der Waals surface area contributed by atoms with Crippen LogP contribution < -0.4 is 19.5 Å². The van der Waals surface area contributed by atoms with Gasteiger partial charge in [-0.2, -0.15) is 0 Å². The van der Waals surface area contributed by atoms with E-state index in [0.29, 0.717) is 28.2 Å². The lowest BCUT2D eigenvalue weighted by Crippen LogP contribution is -2.28. The molecule has 0 saturated carbocycles. The Kier molecular flexibility index (Phi) is 4.77. The van der Waals surface area contributed by atoms with Gasteiger partial charge < -0.3 is 19.5 Å². The number of benzene rings is 1. The molecule has 0 spiro atoms. The van der Waals surface area contributed by atoms with Gasteiger partial charge in [-0.3, -0.25) is 0 Å². The summed E-state index contributed by atoms with van der Waals surface area (Å²) < 4.78 is 16.2. The number of nitrogens with one attached hydrogen (secondary N) is 1. The van der Waals surface area contributed by atoms with Crippen LogP contribution in [0.2, 0.25) is 5.02 Å². The summed E-state index contributed by atoms with van der Waals surface area (Å²) in [4.78, 5) is 0. The van der Waals surface area contributed by atoms with Crippen molar-refractivity contribution >= 4 is 11.6 Å². The zero-order chi connectivity index (χ0) is 13.8. The maximum Gasteiger partial charge on any atom is 0.203 e. The van der Waals surface area contributed by atoms with Gasteiger partial charge in [0.15, 0.2) is 11.5 Å². The van der Waals surface area contributed by atoms with Crippen molar-refractivity contribution in [3.8, 4) is 17.2 Å². The fourth-order valence-corrected chi connectivity index (χ4v) is 2.97. The number of methoxy groups -OCH3 is 3. The lowest BCUT2D eigenvalue weighted by Gasteiger charge is -2.27. The van der Waals surface area contributed by atoms with Gasteiger partial charge in [0.1, 0.15) is 0 Å². The molecule has 0 radical (unpaired) electrons. The maximum absolute atomic E-state index is 6.41. The first-order valence-corrected chi connectivity index (χ1v) is 6.79. The molecule has 1 aliphatic heterocycles. The fraction of sp³-hybridized carbons (Fsp3) is 0.571. The molecule has 19 heavy (non-hydrogen) atoms. The van der Waals surface area contributed by atoms with E-state index in [1.807, 2.05) is 0 Å². The average Bonchev–Trinajstić information content (AvgIpc) is 2.46. The van der Waals surface area contributed by atoms with E-state index in [2.05, 4.69) is 5.32 Å². The molecule has 1 atom stereocenters. The highest BCUT2D eigenvalue weighted by Gasteiger charge is 2.26. The molecule has 0 bridgehead atoms. The molecule has 1 aromatic rings. The van der Waals surface area contributed by atoms with Crippen molar-refractivity contribution in [1.29, 1.82) is 0 Å². The largest absolute Gasteiger partial charge is 0.493 e. The standard InChI is InChI=1S/C14H20ClNO3/c1-17-11-7-10(15)12(9-5-4-6-16-8-9)14(19-3)13(11)18-2/h7,9,16H,4-6,8H2,1-3H3. The van der Waals surface area contributed by atoms with Crippen molar-refractivity contribution < 1.29 is 14.2 Å². The van der Waals surface area contributed by atoms with Crippen LogP contribution in [0.1, 0.15) is 24.3 Å². The summed E-state index contributed by atoms with van der Waals surface area (Å²) in [7, 11) is 4.83. The minimum atomic E-state index is 0.344. The molecule has 0 amide bonds. The lowest BCUT2D eigenvalue weighted by atomic mass is 9.90. The van der Waals surface area contributed by atoms with Crippen molar-refractivity contribution in [2.24, 2.45) is 0 Å². The molecule has 0 aliphatic carbocycles. The van der Waals surface area contributed by atoms with Crippen LogP contribution in [-0.2, 0) is 0 Å². The van der Waals surface area contributed by atoms with Gasteiger partial charge in [0.2, 0.25) is 5.75 Å². The molecule has 106 valence electrons. The van der Waals surface area contributed by atoms with Crippen molar-refractivity contribution in [2.45, 2.75) is 18.8 Å². The Morgan fingerprint density at radius 1 is 1.16 bits per heavy atom. The van der Waals surface area contributed by atoms with E-state index < -0.39 is 0 Å². The highest BCUT2D eigenvalue weighted by atomic mass is 35.5. The first-order chi connectivity index (χ1) is 9.22. The number of piperidine rings is 1. The van der Waals surface area contributed by atoms with Gasteiger partial charge in [-0.15, -0.1) is 0 Å². The SMILES string of the molecule is COc1cc(Cl)c(C2CCCNC2)c(OC)c1OC. The highest BCUT2D eigenvalue weighted by molar-refractivity contribution is 6.32. The fourth-order valence-electron chi connectivity index (χ4n) is 2.63. The van der Waals surface area contributed by atoms with Gasteiger partial charge in [-0.1, -0.05) is 11.6 Å². The molecule has 1 N–H and O–H groups in total. The number of ether oxygens (including phenoxy) is 3. The number of hydrogen-bond acceptors (Lipinski definition) is 4. The second kappa shape index (κ2) is 6.35. The van der Waals surface area contributed by atoms with E-state index >= 15 is 0 Å². The van der Waals surface area contributed by atoms with Gasteiger partial charge in [0.25, 0.3) is 0 Å². The van der Waals surface area contributed by atoms with Crippen molar-refractivity contribution in [3.05, 3.63) is 16.7 Å². The van der Waals surface area contributed by atoms with Crippen LogP contribution in [0.25, 0.3) is 0 Å². The molecule has 2 rings (SSSR count). The second-order valence-corrected chi connectivity index (χ2v) is 4.99. The van der Waals surface area contributed by atoms with Crippen LogP contribution in [-0.4, -0.2) is 34.4 Å². The van der Waals surface area contributed by atoms with Gasteiger partial charge in [0, 0.05) is 24.1 Å². The molecule has 1 unspecified atom stereocenters. The third-order valence-electron chi connectivity index (χ3n) is 3.52. The monoisotopic (exact) mass is 285 g/mol. The van der Waals surface area contributed by atoms with Crippen LogP contribution in [0.15, 0.2) is 6.07 Å². The molecule has 1 aliphatic rings. The smallest absolute Gasteiger partial charge is 0.203 e. The van der Waals surface area contributed by atoms with Crippen LogP contribution in [0.4, 0.5) is 0 Å². The highest BCUT2D eigenvalue weighted by Crippen LogP contribution is 2.47. The van der Waals surface area contributed by atoms with Crippen LogP contribution in [0.3, 0.4) is 0 Å². The summed E-state index contributed by atoms with van der Waals surface area (Å²) in [5.74, 6) is 2.23. The Bertz CT molecular complexity index is 445. The van der Waals surface area contributed by atoms with Crippen molar-refractivity contribution in [2.75, 3.05) is 34.4 Å². The Labute approximate surface area is 119 Å². The second-order valence-electron chi connectivity index (χ2n) is 4.58. The molecule has 1 saturated heterocycles. The van der Waals surface area contributed by atoms with E-state index in [1.54, 1.807) is 27.4 Å². The zero-order valence-electron chi connectivity index (χ0n) is 11.6. The van der Waals surface area contributed by atoms with Crippen molar-refractivity contribution in [3.63, 3.8) is 0 Å². The van der Waals surface area contributed by atoms with Gasteiger partial charge >= 0.3 is 0 Å². The van der Waals surface area contributed by atoms with Gasteiger partial charge in [0.05, 0.1) is 26.4 Å². The molecule has 0 aromatic heterocycles.